The van der Waals surface area contributed by atoms with Crippen LogP contribution < -0.4 is 5.32 Å². The zero-order valence-corrected chi connectivity index (χ0v) is 12.5. The lowest BCUT2D eigenvalue weighted by atomic mass is 9.96. The molecule has 0 aliphatic heterocycles. The molecule has 0 amide bonds. The maximum Gasteiger partial charge on any atom is 0.325 e. The van der Waals surface area contributed by atoms with Gasteiger partial charge in [0, 0.05) is 12.4 Å². The number of likely N-dealkylation sites (N-methyl/N-ethyl adjacent to an activating group) is 1. The predicted molar refractivity (Wildman–Crippen MR) is 76.1 cm³/mol. The molecular formula is C13H21N3O2S. The van der Waals surface area contributed by atoms with Crippen molar-refractivity contribution in [1.82, 2.24) is 15.3 Å². The van der Waals surface area contributed by atoms with E-state index in [4.69, 9.17) is 4.74 Å². The van der Waals surface area contributed by atoms with E-state index in [2.05, 4.69) is 15.3 Å². The van der Waals surface area contributed by atoms with Gasteiger partial charge in [0.2, 0.25) is 0 Å². The van der Waals surface area contributed by atoms with Crippen molar-refractivity contribution in [2.75, 3.05) is 19.4 Å². The van der Waals surface area contributed by atoms with Crippen molar-refractivity contribution >= 4 is 17.7 Å². The van der Waals surface area contributed by atoms with E-state index in [0.29, 0.717) is 0 Å². The lowest BCUT2D eigenvalue weighted by Crippen LogP contribution is -2.50. The third-order valence-corrected chi connectivity index (χ3v) is 3.81. The van der Waals surface area contributed by atoms with Crippen molar-refractivity contribution in [3.8, 4) is 0 Å². The minimum atomic E-state index is -0.605. The van der Waals surface area contributed by atoms with Gasteiger partial charge in [-0.05, 0) is 32.1 Å². The third kappa shape index (κ3) is 5.16. The average Bonchev–Trinajstić information content (AvgIpc) is 2.44. The Kier molecular flexibility index (Phi) is 6.80. The SMILES string of the molecule is CCNC(C)(CCCSc1cnccn1)C(=O)OC. The van der Waals surface area contributed by atoms with E-state index < -0.39 is 5.54 Å². The minimum absolute atomic E-state index is 0.209. The van der Waals surface area contributed by atoms with E-state index in [1.807, 2.05) is 13.8 Å². The first-order chi connectivity index (χ1) is 9.12. The number of hydrogen-bond acceptors (Lipinski definition) is 6. The van der Waals surface area contributed by atoms with Crippen LogP contribution in [0.1, 0.15) is 26.7 Å². The quantitative estimate of drug-likeness (QED) is 0.446. The van der Waals surface area contributed by atoms with Crippen LogP contribution in [0, 0.1) is 0 Å². The molecule has 0 aliphatic rings. The van der Waals surface area contributed by atoms with Crippen molar-refractivity contribution in [3.63, 3.8) is 0 Å². The van der Waals surface area contributed by atoms with Gasteiger partial charge in [-0.15, -0.1) is 11.8 Å². The molecule has 0 saturated carbocycles. The van der Waals surface area contributed by atoms with Crippen LogP contribution in [0.2, 0.25) is 0 Å². The zero-order valence-electron chi connectivity index (χ0n) is 11.7. The average molecular weight is 283 g/mol. The van der Waals surface area contributed by atoms with Gasteiger partial charge in [0.15, 0.2) is 0 Å². The normalized spacial score (nSPS) is 13.8. The van der Waals surface area contributed by atoms with E-state index in [9.17, 15) is 4.79 Å². The van der Waals surface area contributed by atoms with Crippen LogP contribution in [0.25, 0.3) is 0 Å². The summed E-state index contributed by atoms with van der Waals surface area (Å²) in [6.07, 6.45) is 6.72. The van der Waals surface area contributed by atoms with Gasteiger partial charge < -0.3 is 10.1 Å². The molecule has 1 N–H and O–H groups in total. The molecule has 0 spiro atoms. The highest BCUT2D eigenvalue weighted by Crippen LogP contribution is 2.20. The summed E-state index contributed by atoms with van der Waals surface area (Å²) in [4.78, 5) is 20.0. The molecule has 0 fully saturated rings. The summed E-state index contributed by atoms with van der Waals surface area (Å²) in [5.41, 5.74) is -0.605. The molecule has 0 radical (unpaired) electrons. The number of aromatic nitrogens is 2. The molecule has 0 aromatic carbocycles. The summed E-state index contributed by atoms with van der Waals surface area (Å²) in [6, 6.07) is 0. The molecule has 1 heterocycles. The van der Waals surface area contributed by atoms with E-state index in [1.54, 1.807) is 30.4 Å². The summed E-state index contributed by atoms with van der Waals surface area (Å²) in [5, 5.41) is 4.10. The first-order valence-corrected chi connectivity index (χ1v) is 7.33. The number of esters is 1. The second kappa shape index (κ2) is 8.12. The molecule has 19 heavy (non-hydrogen) atoms. The van der Waals surface area contributed by atoms with Crippen LogP contribution in [0.4, 0.5) is 0 Å². The second-order valence-electron chi connectivity index (χ2n) is 4.35. The van der Waals surface area contributed by atoms with E-state index in [-0.39, 0.29) is 5.97 Å². The van der Waals surface area contributed by atoms with Gasteiger partial charge in [-0.25, -0.2) is 4.98 Å². The Balaban J connectivity index is 2.38. The van der Waals surface area contributed by atoms with Gasteiger partial charge in [0.1, 0.15) is 10.6 Å². The largest absolute Gasteiger partial charge is 0.468 e. The Morgan fingerprint density at radius 3 is 2.89 bits per heavy atom. The summed E-state index contributed by atoms with van der Waals surface area (Å²) in [5.74, 6) is 0.690. The zero-order chi connectivity index (χ0) is 14.1. The first-order valence-electron chi connectivity index (χ1n) is 6.34. The number of nitrogens with one attached hydrogen (secondary N) is 1. The van der Waals surface area contributed by atoms with E-state index in [1.165, 1.54) is 7.11 Å². The molecule has 106 valence electrons. The molecule has 0 aliphatic carbocycles. The van der Waals surface area contributed by atoms with Gasteiger partial charge in [-0.1, -0.05) is 6.92 Å². The summed E-state index contributed by atoms with van der Waals surface area (Å²) >= 11 is 1.65. The van der Waals surface area contributed by atoms with Crippen LogP contribution >= 0.6 is 11.8 Å². The molecule has 0 bridgehead atoms. The number of carbonyl (C=O) groups is 1. The Labute approximate surface area is 118 Å². The van der Waals surface area contributed by atoms with Crippen LogP contribution in [-0.2, 0) is 9.53 Å². The fraction of sp³-hybridized carbons (Fsp3) is 0.615. The Bertz CT molecular complexity index is 389. The number of nitrogens with zero attached hydrogens (tertiary/aromatic N) is 2. The lowest BCUT2D eigenvalue weighted by Gasteiger charge is -2.27. The van der Waals surface area contributed by atoms with Gasteiger partial charge in [-0.2, -0.15) is 0 Å². The van der Waals surface area contributed by atoms with Crippen molar-refractivity contribution in [2.24, 2.45) is 0 Å². The van der Waals surface area contributed by atoms with Gasteiger partial charge in [-0.3, -0.25) is 9.78 Å². The van der Waals surface area contributed by atoms with Crippen LogP contribution in [-0.4, -0.2) is 40.9 Å². The standard InChI is InChI=1S/C13H21N3O2S/c1-4-16-13(2,12(17)18-3)6-5-9-19-11-10-14-7-8-15-11/h7-8,10,16H,4-6,9H2,1-3H3. The Morgan fingerprint density at radius 1 is 1.53 bits per heavy atom. The molecule has 0 saturated heterocycles. The Morgan fingerprint density at radius 2 is 2.32 bits per heavy atom. The second-order valence-corrected chi connectivity index (χ2v) is 5.46. The van der Waals surface area contributed by atoms with Gasteiger partial charge in [0.25, 0.3) is 0 Å². The highest BCUT2D eigenvalue weighted by Gasteiger charge is 2.32. The number of rotatable bonds is 8. The molecule has 1 aromatic heterocycles. The molecule has 1 aromatic rings. The number of carbonyl (C=O) groups excluding carboxylic acids is 1. The fourth-order valence-electron chi connectivity index (χ4n) is 1.84. The van der Waals surface area contributed by atoms with Crippen LogP contribution in [0.3, 0.4) is 0 Å². The number of thioether (sulfide) groups is 1. The third-order valence-electron chi connectivity index (χ3n) is 2.81. The number of hydrogen-bond donors (Lipinski definition) is 1. The van der Waals surface area contributed by atoms with E-state index in [0.717, 1.165) is 30.2 Å². The van der Waals surface area contributed by atoms with Gasteiger partial charge in [0.05, 0.1) is 13.3 Å². The van der Waals surface area contributed by atoms with Gasteiger partial charge >= 0.3 is 5.97 Å². The minimum Gasteiger partial charge on any atom is -0.468 e. The molecule has 1 unspecified atom stereocenters. The maximum atomic E-state index is 11.8. The molecule has 6 heteroatoms. The Hall–Kier alpha value is -1.14. The molecular weight excluding hydrogens is 262 g/mol. The number of ether oxygens (including phenoxy) is 1. The molecule has 5 nitrogen and oxygen atoms in total. The van der Waals surface area contributed by atoms with Crippen LogP contribution in [0.5, 0.6) is 0 Å². The van der Waals surface area contributed by atoms with Crippen molar-refractivity contribution in [3.05, 3.63) is 18.6 Å². The summed E-state index contributed by atoms with van der Waals surface area (Å²) in [7, 11) is 1.42. The van der Waals surface area contributed by atoms with Crippen molar-refractivity contribution in [2.45, 2.75) is 37.3 Å². The summed E-state index contributed by atoms with van der Waals surface area (Å²) in [6.45, 7) is 4.60. The fourth-order valence-corrected chi connectivity index (χ4v) is 2.61. The lowest BCUT2D eigenvalue weighted by molar-refractivity contribution is -0.148. The summed E-state index contributed by atoms with van der Waals surface area (Å²) < 4.78 is 4.85. The highest BCUT2D eigenvalue weighted by molar-refractivity contribution is 7.99. The number of methoxy groups -OCH3 is 1. The van der Waals surface area contributed by atoms with Crippen LogP contribution in [0.15, 0.2) is 23.6 Å². The predicted octanol–water partition coefficient (Wildman–Crippen LogP) is 1.89. The molecule has 1 rings (SSSR count). The smallest absolute Gasteiger partial charge is 0.325 e. The monoisotopic (exact) mass is 283 g/mol. The van der Waals surface area contributed by atoms with Crippen molar-refractivity contribution in [1.29, 1.82) is 0 Å². The maximum absolute atomic E-state index is 11.8. The van der Waals surface area contributed by atoms with E-state index >= 15 is 0 Å². The first kappa shape index (κ1) is 15.9. The molecule has 1 atom stereocenters. The highest BCUT2D eigenvalue weighted by atomic mass is 32.2. The van der Waals surface area contributed by atoms with Crippen molar-refractivity contribution < 1.29 is 9.53 Å². The topological polar surface area (TPSA) is 64.1 Å².